The van der Waals surface area contributed by atoms with E-state index in [1.807, 2.05) is 24.3 Å². The number of hydrazine groups is 2. The van der Waals surface area contributed by atoms with Crippen LogP contribution < -0.4 is 26.3 Å². The van der Waals surface area contributed by atoms with Crippen LogP contribution in [0, 0.1) is 11.7 Å². The van der Waals surface area contributed by atoms with Crippen molar-refractivity contribution >= 4 is 23.2 Å². The van der Waals surface area contributed by atoms with Crippen LogP contribution in [-0.2, 0) is 4.79 Å². The molecule has 1 aliphatic heterocycles. The van der Waals surface area contributed by atoms with Crippen molar-refractivity contribution in [3.63, 3.8) is 0 Å². The summed E-state index contributed by atoms with van der Waals surface area (Å²) in [7, 11) is 3.27. The molecule has 1 amide bonds. The zero-order valence-corrected chi connectivity index (χ0v) is 18.8. The molecule has 0 saturated heterocycles. The van der Waals surface area contributed by atoms with E-state index in [2.05, 4.69) is 27.9 Å². The monoisotopic (exact) mass is 451 g/mol. The number of amidine groups is 1. The van der Waals surface area contributed by atoms with Crippen LogP contribution in [0.15, 0.2) is 59.5 Å². The van der Waals surface area contributed by atoms with Gasteiger partial charge in [-0.25, -0.2) is 19.9 Å². The number of halogens is 1. The van der Waals surface area contributed by atoms with Gasteiger partial charge in [0.25, 0.3) is 0 Å². The molecular weight excluding hydrogens is 425 g/mol. The largest absolute Gasteiger partial charge is 0.495 e. The third-order valence-electron chi connectivity index (χ3n) is 5.55. The van der Waals surface area contributed by atoms with E-state index in [1.165, 1.54) is 26.2 Å². The van der Waals surface area contributed by atoms with Crippen LogP contribution in [0.25, 0.3) is 0 Å². The Morgan fingerprint density at radius 1 is 1.33 bits per heavy atom. The Bertz CT molecular complexity index is 1180. The van der Waals surface area contributed by atoms with Crippen LogP contribution >= 0.6 is 0 Å². The summed E-state index contributed by atoms with van der Waals surface area (Å²) < 4.78 is 19.5. The average molecular weight is 452 g/mol. The molecule has 0 saturated carbocycles. The Hall–Kier alpha value is -3.92. The Morgan fingerprint density at radius 3 is 2.82 bits per heavy atom. The maximum atomic E-state index is 14.1. The Balaban J connectivity index is 1.70. The molecule has 0 bridgehead atoms. The first-order valence-corrected chi connectivity index (χ1v) is 10.4. The molecule has 1 aliphatic carbocycles. The molecule has 10 heteroatoms. The number of nitrogens with one attached hydrogen (secondary N) is 2. The number of anilines is 2. The molecule has 1 aromatic heterocycles. The van der Waals surface area contributed by atoms with Gasteiger partial charge in [-0.1, -0.05) is 19.1 Å². The van der Waals surface area contributed by atoms with Gasteiger partial charge in [0.05, 0.1) is 12.7 Å². The number of nitrogens with two attached hydrogens (primary N) is 1. The number of benzene rings is 1. The van der Waals surface area contributed by atoms with Gasteiger partial charge in [0.2, 0.25) is 5.91 Å². The summed E-state index contributed by atoms with van der Waals surface area (Å²) in [5.74, 6) is 0.832. The van der Waals surface area contributed by atoms with Crippen LogP contribution in [-0.4, -0.2) is 36.0 Å². The molecule has 2 atom stereocenters. The second-order valence-corrected chi connectivity index (χ2v) is 7.94. The lowest BCUT2D eigenvalue weighted by Crippen LogP contribution is -2.43. The number of amides is 1. The third-order valence-corrected chi connectivity index (χ3v) is 5.55. The molecule has 4 N–H and O–H groups in total. The molecule has 1 aromatic carbocycles. The summed E-state index contributed by atoms with van der Waals surface area (Å²) in [6.45, 7) is 3.55. The minimum Gasteiger partial charge on any atom is -0.495 e. The summed E-state index contributed by atoms with van der Waals surface area (Å²) in [4.78, 5) is 15.8. The number of ether oxygens (including phenoxy) is 1. The number of hydrogen-bond acceptors (Lipinski definition) is 8. The first-order valence-electron chi connectivity index (χ1n) is 10.4. The van der Waals surface area contributed by atoms with Crippen LogP contribution in [0.2, 0.25) is 0 Å². The SMILES string of the molecule is COc1ccc(F)cc1N1C(c2cc(C3C=CC(NC(C)=O)=CC3C)cnc2N)=NNN1C. The first-order chi connectivity index (χ1) is 15.8. The predicted octanol–water partition coefficient (Wildman–Crippen LogP) is 2.65. The van der Waals surface area contributed by atoms with E-state index in [9.17, 15) is 9.18 Å². The van der Waals surface area contributed by atoms with Crippen molar-refractivity contribution in [3.05, 3.63) is 71.3 Å². The van der Waals surface area contributed by atoms with E-state index >= 15 is 0 Å². The molecule has 33 heavy (non-hydrogen) atoms. The van der Waals surface area contributed by atoms with Gasteiger partial charge in [0.1, 0.15) is 23.1 Å². The molecule has 2 aromatic rings. The van der Waals surface area contributed by atoms with Gasteiger partial charge in [-0.3, -0.25) is 4.79 Å². The fraction of sp³-hybridized carbons (Fsp3) is 0.261. The average Bonchev–Trinajstić information content (AvgIpc) is 3.15. The van der Waals surface area contributed by atoms with Gasteiger partial charge in [-0.2, -0.15) is 0 Å². The molecule has 2 heterocycles. The number of methoxy groups -OCH3 is 1. The highest BCUT2D eigenvalue weighted by Gasteiger charge is 2.31. The van der Waals surface area contributed by atoms with E-state index in [1.54, 1.807) is 29.4 Å². The van der Waals surface area contributed by atoms with Gasteiger partial charge in [-0.05, 0) is 35.8 Å². The molecule has 0 spiro atoms. The first kappa shape index (κ1) is 22.3. The van der Waals surface area contributed by atoms with Gasteiger partial charge >= 0.3 is 0 Å². The van der Waals surface area contributed by atoms with Crippen molar-refractivity contribution in [1.29, 1.82) is 0 Å². The van der Waals surface area contributed by atoms with Gasteiger partial charge < -0.3 is 15.8 Å². The lowest BCUT2D eigenvalue weighted by atomic mass is 9.83. The maximum Gasteiger partial charge on any atom is 0.221 e. The highest BCUT2D eigenvalue weighted by molar-refractivity contribution is 6.13. The van der Waals surface area contributed by atoms with Crippen molar-refractivity contribution in [2.75, 3.05) is 24.9 Å². The van der Waals surface area contributed by atoms with Crippen LogP contribution in [0.1, 0.15) is 30.9 Å². The summed E-state index contributed by atoms with van der Waals surface area (Å²) >= 11 is 0. The minimum atomic E-state index is -0.409. The lowest BCUT2D eigenvalue weighted by Gasteiger charge is -2.28. The zero-order chi connectivity index (χ0) is 23.7. The van der Waals surface area contributed by atoms with Crippen molar-refractivity contribution in [2.45, 2.75) is 19.8 Å². The number of hydrazone groups is 1. The summed E-state index contributed by atoms with van der Waals surface area (Å²) in [6, 6.07) is 6.19. The van der Waals surface area contributed by atoms with E-state index in [-0.39, 0.29) is 23.6 Å². The third kappa shape index (κ3) is 4.37. The van der Waals surface area contributed by atoms with Crippen LogP contribution in [0.5, 0.6) is 5.75 Å². The topological polar surface area (TPSA) is 108 Å². The summed E-state index contributed by atoms with van der Waals surface area (Å²) in [6.07, 6.45) is 7.66. The molecule has 4 rings (SSSR count). The molecule has 172 valence electrons. The van der Waals surface area contributed by atoms with Gasteiger partial charge in [-0.15, -0.1) is 10.2 Å². The number of pyridine rings is 1. The second-order valence-electron chi connectivity index (χ2n) is 7.94. The summed E-state index contributed by atoms with van der Waals surface area (Å²) in [5, 5.41) is 10.5. The number of nitrogens with zero attached hydrogens (tertiary/aromatic N) is 4. The van der Waals surface area contributed by atoms with Crippen molar-refractivity contribution in [2.24, 2.45) is 11.0 Å². The number of hydrogen-bond donors (Lipinski definition) is 3. The minimum absolute atomic E-state index is 0.0270. The van der Waals surface area contributed by atoms with E-state index in [0.29, 0.717) is 22.8 Å². The predicted molar refractivity (Wildman–Crippen MR) is 124 cm³/mol. The molecule has 0 fully saturated rings. The normalized spacial score (nSPS) is 20.2. The molecular formula is C23H26FN7O2. The summed E-state index contributed by atoms with van der Waals surface area (Å²) in [5.41, 5.74) is 11.9. The van der Waals surface area contributed by atoms with Crippen molar-refractivity contribution in [3.8, 4) is 5.75 Å². The molecule has 9 nitrogen and oxygen atoms in total. The zero-order valence-electron chi connectivity index (χ0n) is 18.8. The van der Waals surface area contributed by atoms with E-state index in [0.717, 1.165) is 11.3 Å². The Morgan fingerprint density at radius 2 is 2.12 bits per heavy atom. The lowest BCUT2D eigenvalue weighted by molar-refractivity contribution is -0.118. The van der Waals surface area contributed by atoms with Crippen LogP contribution in [0.4, 0.5) is 15.9 Å². The highest BCUT2D eigenvalue weighted by Crippen LogP contribution is 2.35. The fourth-order valence-electron chi connectivity index (χ4n) is 4.01. The number of allylic oxidation sites excluding steroid dienone is 3. The number of nitrogen functional groups attached to an aromatic ring is 1. The quantitative estimate of drug-likeness (QED) is 0.641. The Labute approximate surface area is 191 Å². The number of rotatable bonds is 5. The molecule has 2 unspecified atom stereocenters. The fourth-order valence-corrected chi connectivity index (χ4v) is 4.01. The molecule has 2 aliphatic rings. The maximum absolute atomic E-state index is 14.1. The second kappa shape index (κ2) is 8.91. The van der Waals surface area contributed by atoms with Crippen LogP contribution in [0.3, 0.4) is 0 Å². The van der Waals surface area contributed by atoms with Gasteiger partial charge in [0, 0.05) is 37.8 Å². The van der Waals surface area contributed by atoms with Crippen molar-refractivity contribution < 1.29 is 13.9 Å². The molecule has 0 radical (unpaired) electrons. The van der Waals surface area contributed by atoms with E-state index < -0.39 is 5.82 Å². The highest BCUT2D eigenvalue weighted by atomic mass is 19.1. The van der Waals surface area contributed by atoms with Crippen molar-refractivity contribution in [1.82, 2.24) is 21.0 Å². The number of aromatic nitrogens is 1. The number of carbonyl (C=O) groups excluding carboxylic acids is 1. The van der Waals surface area contributed by atoms with E-state index in [4.69, 9.17) is 10.5 Å². The smallest absolute Gasteiger partial charge is 0.221 e. The van der Waals surface area contributed by atoms with Gasteiger partial charge in [0.15, 0.2) is 5.84 Å². The Kier molecular flexibility index (Phi) is 6.01. The standard InChI is InChI=1S/C23H26FN7O2/c1-13-9-17(27-14(2)32)6-7-18(13)15-10-19(22(25)26-12-15)23-28-29-30(3)31(23)20-11-16(24)5-8-21(20)33-4/h5-13,18,29H,1-4H3,(H2,25,26)(H,27,32). The number of carbonyl (C=O) groups is 1.